The quantitative estimate of drug-likeness (QED) is 0.490. The SMILES string of the molecule is C[C@H](/C=N\NC(=O)c1cc([N+](=O)[O-])cc([N+](=O)[O-])c1)c1ccccc1. The predicted molar refractivity (Wildman–Crippen MR) is 90.6 cm³/mol. The molecule has 9 nitrogen and oxygen atoms in total. The summed E-state index contributed by atoms with van der Waals surface area (Å²) in [7, 11) is 0. The van der Waals surface area contributed by atoms with E-state index in [-0.39, 0.29) is 11.5 Å². The van der Waals surface area contributed by atoms with Gasteiger partial charge in [-0.3, -0.25) is 25.0 Å². The van der Waals surface area contributed by atoms with Crippen LogP contribution in [0.1, 0.15) is 28.8 Å². The van der Waals surface area contributed by atoms with Gasteiger partial charge < -0.3 is 0 Å². The Morgan fingerprint density at radius 3 is 2.16 bits per heavy atom. The highest BCUT2D eigenvalue weighted by Gasteiger charge is 2.19. The molecule has 1 atom stereocenters. The molecule has 2 rings (SSSR count). The van der Waals surface area contributed by atoms with Crippen LogP contribution in [-0.4, -0.2) is 22.0 Å². The molecule has 0 spiro atoms. The number of nitrogens with one attached hydrogen (secondary N) is 1. The largest absolute Gasteiger partial charge is 0.277 e. The minimum atomic E-state index is -0.801. The van der Waals surface area contributed by atoms with Crippen molar-refractivity contribution in [2.24, 2.45) is 5.10 Å². The first kappa shape index (κ1) is 17.7. The van der Waals surface area contributed by atoms with Crippen molar-refractivity contribution in [3.8, 4) is 0 Å². The van der Waals surface area contributed by atoms with Gasteiger partial charge in [-0.2, -0.15) is 5.10 Å². The van der Waals surface area contributed by atoms with Crippen molar-refractivity contribution in [2.45, 2.75) is 12.8 Å². The van der Waals surface area contributed by atoms with Gasteiger partial charge in [-0.15, -0.1) is 0 Å². The van der Waals surface area contributed by atoms with Crippen LogP contribution in [0.4, 0.5) is 11.4 Å². The summed E-state index contributed by atoms with van der Waals surface area (Å²) in [5.74, 6) is -0.843. The van der Waals surface area contributed by atoms with Gasteiger partial charge in [0.2, 0.25) is 0 Å². The third-order valence-electron chi connectivity index (χ3n) is 3.38. The lowest BCUT2D eigenvalue weighted by Crippen LogP contribution is -2.18. The fourth-order valence-corrected chi connectivity index (χ4v) is 2.05. The van der Waals surface area contributed by atoms with Gasteiger partial charge in [-0.25, -0.2) is 5.43 Å². The molecule has 0 aliphatic heterocycles. The van der Waals surface area contributed by atoms with Gasteiger partial charge in [0, 0.05) is 24.3 Å². The normalized spacial score (nSPS) is 11.9. The van der Waals surface area contributed by atoms with Crippen molar-refractivity contribution >= 4 is 23.5 Å². The first-order chi connectivity index (χ1) is 11.9. The van der Waals surface area contributed by atoms with Gasteiger partial charge in [0.05, 0.1) is 21.5 Å². The summed E-state index contributed by atoms with van der Waals surface area (Å²) >= 11 is 0. The van der Waals surface area contributed by atoms with Crippen LogP contribution in [0.25, 0.3) is 0 Å². The van der Waals surface area contributed by atoms with Crippen LogP contribution in [0.2, 0.25) is 0 Å². The summed E-state index contributed by atoms with van der Waals surface area (Å²) in [4.78, 5) is 32.1. The Labute approximate surface area is 142 Å². The maximum Gasteiger partial charge on any atom is 0.277 e. The molecule has 0 saturated carbocycles. The van der Waals surface area contributed by atoms with E-state index in [1.54, 1.807) is 0 Å². The molecule has 2 aromatic rings. The molecule has 0 aromatic heterocycles. The summed E-state index contributed by atoms with van der Waals surface area (Å²) in [6.45, 7) is 1.88. The number of rotatable bonds is 6. The number of non-ortho nitro benzene ring substituents is 2. The third-order valence-corrected chi connectivity index (χ3v) is 3.38. The van der Waals surface area contributed by atoms with E-state index in [0.717, 1.165) is 23.8 Å². The molecular weight excluding hydrogens is 328 g/mol. The zero-order chi connectivity index (χ0) is 18.4. The molecule has 2 aromatic carbocycles. The van der Waals surface area contributed by atoms with Crippen molar-refractivity contribution < 1.29 is 14.6 Å². The number of nitrogens with zero attached hydrogens (tertiary/aromatic N) is 3. The van der Waals surface area contributed by atoms with Crippen molar-refractivity contribution in [1.82, 2.24) is 5.43 Å². The minimum Gasteiger partial charge on any atom is -0.267 e. The fraction of sp³-hybridized carbons (Fsp3) is 0.125. The number of carbonyl (C=O) groups excluding carboxylic acids is 1. The average molecular weight is 342 g/mol. The maximum absolute atomic E-state index is 12.0. The highest BCUT2D eigenvalue weighted by molar-refractivity contribution is 5.95. The molecular formula is C16H14N4O5. The number of carbonyl (C=O) groups is 1. The molecule has 0 unspecified atom stereocenters. The van der Waals surface area contributed by atoms with E-state index in [9.17, 15) is 25.0 Å². The lowest BCUT2D eigenvalue weighted by molar-refractivity contribution is -0.394. The lowest BCUT2D eigenvalue weighted by Gasteiger charge is -2.05. The smallest absolute Gasteiger partial charge is 0.267 e. The number of hydrogen-bond donors (Lipinski definition) is 1. The minimum absolute atomic E-state index is 0.0686. The summed E-state index contributed by atoms with van der Waals surface area (Å²) in [5, 5.41) is 25.5. The van der Waals surface area contributed by atoms with E-state index in [4.69, 9.17) is 0 Å². The molecule has 0 aliphatic carbocycles. The van der Waals surface area contributed by atoms with Crippen LogP contribution in [0.3, 0.4) is 0 Å². The molecule has 1 N–H and O–H groups in total. The molecule has 25 heavy (non-hydrogen) atoms. The molecule has 0 heterocycles. The van der Waals surface area contributed by atoms with Crippen LogP contribution >= 0.6 is 0 Å². The van der Waals surface area contributed by atoms with Crippen LogP contribution in [-0.2, 0) is 0 Å². The Balaban J connectivity index is 2.14. The van der Waals surface area contributed by atoms with Gasteiger partial charge in [0.1, 0.15) is 0 Å². The van der Waals surface area contributed by atoms with Crippen molar-refractivity contribution in [3.05, 3.63) is 79.9 Å². The monoisotopic (exact) mass is 342 g/mol. The Morgan fingerprint density at radius 2 is 1.64 bits per heavy atom. The molecule has 0 radical (unpaired) electrons. The number of hydrazone groups is 1. The number of amides is 1. The van der Waals surface area contributed by atoms with Gasteiger partial charge in [-0.05, 0) is 5.56 Å². The van der Waals surface area contributed by atoms with Gasteiger partial charge in [-0.1, -0.05) is 37.3 Å². The highest BCUT2D eigenvalue weighted by Crippen LogP contribution is 2.22. The summed E-state index contributed by atoms with van der Waals surface area (Å²) < 4.78 is 0. The maximum atomic E-state index is 12.0. The predicted octanol–water partition coefficient (Wildman–Crippen LogP) is 3.02. The van der Waals surface area contributed by atoms with Gasteiger partial charge in [0.15, 0.2) is 0 Å². The summed E-state index contributed by atoms with van der Waals surface area (Å²) in [5.41, 5.74) is 1.91. The summed E-state index contributed by atoms with van der Waals surface area (Å²) in [6, 6.07) is 12.1. The zero-order valence-corrected chi connectivity index (χ0v) is 13.2. The third kappa shape index (κ3) is 4.67. The van der Waals surface area contributed by atoms with E-state index in [1.807, 2.05) is 37.3 Å². The summed E-state index contributed by atoms with van der Waals surface area (Å²) in [6.07, 6.45) is 1.50. The Bertz CT molecular complexity index is 803. The number of benzene rings is 2. The highest BCUT2D eigenvalue weighted by atomic mass is 16.6. The topological polar surface area (TPSA) is 128 Å². The number of nitro groups is 2. The van der Waals surface area contributed by atoms with Crippen LogP contribution in [0.5, 0.6) is 0 Å². The van der Waals surface area contributed by atoms with Gasteiger partial charge >= 0.3 is 0 Å². The Kier molecular flexibility index (Phi) is 5.51. The molecule has 0 saturated heterocycles. The molecule has 0 fully saturated rings. The molecule has 0 aliphatic rings. The Hall–Kier alpha value is -3.62. The van der Waals surface area contributed by atoms with Crippen LogP contribution < -0.4 is 5.43 Å². The number of hydrogen-bond acceptors (Lipinski definition) is 6. The first-order valence-corrected chi connectivity index (χ1v) is 7.21. The lowest BCUT2D eigenvalue weighted by atomic mass is 10.0. The molecule has 1 amide bonds. The number of nitro benzene ring substituents is 2. The second kappa shape index (κ2) is 7.77. The van der Waals surface area contributed by atoms with E-state index < -0.39 is 27.1 Å². The van der Waals surface area contributed by atoms with E-state index in [0.29, 0.717) is 0 Å². The van der Waals surface area contributed by atoms with Crippen molar-refractivity contribution in [3.63, 3.8) is 0 Å². The molecule has 9 heteroatoms. The van der Waals surface area contributed by atoms with E-state index in [2.05, 4.69) is 10.5 Å². The molecule has 0 bridgehead atoms. The standard InChI is InChI=1S/C16H14N4O5/c1-11(12-5-3-2-4-6-12)10-17-18-16(21)13-7-14(19(22)23)9-15(8-13)20(24)25/h2-11H,1H3,(H,18,21)/b17-10-/t11-/m1/s1. The zero-order valence-electron chi connectivity index (χ0n) is 13.2. The van der Waals surface area contributed by atoms with E-state index >= 15 is 0 Å². The second-order valence-electron chi connectivity index (χ2n) is 5.17. The fourth-order valence-electron chi connectivity index (χ4n) is 2.05. The van der Waals surface area contributed by atoms with Crippen molar-refractivity contribution in [1.29, 1.82) is 0 Å². The van der Waals surface area contributed by atoms with Crippen molar-refractivity contribution in [2.75, 3.05) is 0 Å². The Morgan fingerprint density at radius 1 is 1.08 bits per heavy atom. The van der Waals surface area contributed by atoms with E-state index in [1.165, 1.54) is 6.21 Å². The van der Waals surface area contributed by atoms with Gasteiger partial charge in [0.25, 0.3) is 17.3 Å². The second-order valence-corrected chi connectivity index (χ2v) is 5.17. The van der Waals surface area contributed by atoms with Crippen LogP contribution in [0.15, 0.2) is 53.6 Å². The van der Waals surface area contributed by atoms with Crippen LogP contribution in [0, 0.1) is 20.2 Å². The average Bonchev–Trinajstić information content (AvgIpc) is 2.61. The molecule has 128 valence electrons. The first-order valence-electron chi connectivity index (χ1n) is 7.21.